The third-order valence-electron chi connectivity index (χ3n) is 2.12. The SMILES string of the molecule is CC(CO)(CO)CO.O=C(O)CCS.O=C(O)CCS.O=C(O)CCS. The zero-order valence-corrected chi connectivity index (χ0v) is 17.3. The Morgan fingerprint density at radius 3 is 0.846 bits per heavy atom. The molecule has 0 rings (SSSR count). The predicted molar refractivity (Wildman–Crippen MR) is 108 cm³/mol. The maximum absolute atomic E-state index is 9.55. The molecule has 0 aromatic rings. The van der Waals surface area contributed by atoms with Crippen LogP contribution in [0.3, 0.4) is 0 Å². The second-order valence-corrected chi connectivity index (χ2v) is 6.23. The minimum atomic E-state index is -0.787. The molecule has 9 nitrogen and oxygen atoms in total. The molecule has 0 heterocycles. The van der Waals surface area contributed by atoms with Gasteiger partial charge >= 0.3 is 17.9 Å². The molecule has 0 aliphatic carbocycles. The quantitative estimate of drug-likeness (QED) is 0.227. The van der Waals surface area contributed by atoms with Crippen molar-refractivity contribution in [2.75, 3.05) is 37.1 Å². The molecular weight excluding hydrogens is 408 g/mol. The fraction of sp³-hybridized carbons (Fsp3) is 0.786. The summed E-state index contributed by atoms with van der Waals surface area (Å²) in [6, 6.07) is 0. The standard InChI is InChI=1S/C5H12O3.3C3H6O2S/c1-5(2-6,3-7)4-8;3*4-3(5)1-2-6/h6-8H,2-4H2,1H3;3*6H,1-2H2,(H,4,5). The van der Waals surface area contributed by atoms with Gasteiger partial charge in [-0.15, -0.1) is 0 Å². The normalized spacial score (nSPS) is 9.35. The molecule has 6 N–H and O–H groups in total. The highest BCUT2D eigenvalue weighted by Gasteiger charge is 2.20. The number of aliphatic hydroxyl groups is 3. The molecule has 12 heteroatoms. The van der Waals surface area contributed by atoms with E-state index in [-0.39, 0.29) is 39.1 Å². The second kappa shape index (κ2) is 24.3. The fourth-order valence-corrected chi connectivity index (χ4v) is 1.01. The third kappa shape index (κ3) is 38.7. The van der Waals surface area contributed by atoms with E-state index in [1.54, 1.807) is 6.92 Å². The molecule has 26 heavy (non-hydrogen) atoms. The van der Waals surface area contributed by atoms with Gasteiger partial charge in [-0.3, -0.25) is 14.4 Å². The van der Waals surface area contributed by atoms with E-state index < -0.39 is 23.3 Å². The van der Waals surface area contributed by atoms with Gasteiger partial charge < -0.3 is 30.6 Å². The number of hydrogen-bond acceptors (Lipinski definition) is 9. The molecule has 0 saturated heterocycles. The summed E-state index contributed by atoms with van der Waals surface area (Å²) >= 11 is 11.0. The van der Waals surface area contributed by atoms with Gasteiger partial charge in [0.1, 0.15) is 0 Å². The van der Waals surface area contributed by atoms with E-state index in [0.717, 1.165) is 0 Å². The van der Waals surface area contributed by atoms with Crippen LogP contribution < -0.4 is 0 Å². The predicted octanol–water partition coefficient (Wildman–Crippen LogP) is 0.142. The number of aliphatic carboxylic acids is 3. The first kappa shape index (κ1) is 33.0. The molecule has 0 atom stereocenters. The molecule has 0 spiro atoms. The van der Waals surface area contributed by atoms with E-state index in [1.807, 2.05) is 0 Å². The summed E-state index contributed by atoms with van der Waals surface area (Å²) in [5.74, 6) is -1.08. The summed E-state index contributed by atoms with van der Waals surface area (Å²) in [7, 11) is 0. The van der Waals surface area contributed by atoms with Crippen molar-refractivity contribution in [2.24, 2.45) is 5.41 Å². The van der Waals surface area contributed by atoms with Crippen molar-refractivity contribution in [2.45, 2.75) is 26.2 Å². The van der Waals surface area contributed by atoms with Crippen LogP contribution >= 0.6 is 37.9 Å². The lowest BCUT2D eigenvalue weighted by Gasteiger charge is -2.20. The van der Waals surface area contributed by atoms with Gasteiger partial charge in [0.05, 0.1) is 39.1 Å². The Kier molecular flexibility index (Phi) is 30.9. The molecule has 0 aromatic heterocycles. The van der Waals surface area contributed by atoms with Crippen LogP contribution in [0.25, 0.3) is 0 Å². The number of carboxylic acid groups (broad SMARTS) is 3. The van der Waals surface area contributed by atoms with Crippen LogP contribution in [-0.4, -0.2) is 85.6 Å². The zero-order chi connectivity index (χ0) is 21.6. The second-order valence-electron chi connectivity index (χ2n) is 4.89. The average Bonchev–Trinajstić information content (AvgIpc) is 2.55. The number of thiol groups is 3. The van der Waals surface area contributed by atoms with E-state index in [2.05, 4.69) is 37.9 Å². The van der Waals surface area contributed by atoms with E-state index in [9.17, 15) is 14.4 Å². The Bertz CT molecular complexity index is 304. The van der Waals surface area contributed by atoms with Gasteiger partial charge in [0.25, 0.3) is 0 Å². The van der Waals surface area contributed by atoms with Crippen LogP contribution in [0.15, 0.2) is 0 Å². The van der Waals surface area contributed by atoms with Crippen LogP contribution in [0.2, 0.25) is 0 Å². The summed E-state index contributed by atoms with van der Waals surface area (Å²) in [5.41, 5.74) is -0.708. The van der Waals surface area contributed by atoms with Crippen molar-refractivity contribution in [1.82, 2.24) is 0 Å². The molecule has 0 fully saturated rings. The van der Waals surface area contributed by atoms with Gasteiger partial charge in [0, 0.05) is 22.7 Å². The van der Waals surface area contributed by atoms with Crippen molar-refractivity contribution in [3.8, 4) is 0 Å². The molecule has 158 valence electrons. The Morgan fingerprint density at radius 1 is 0.654 bits per heavy atom. The highest BCUT2D eigenvalue weighted by atomic mass is 32.1. The number of carboxylic acids is 3. The Labute approximate surface area is 169 Å². The summed E-state index contributed by atoms with van der Waals surface area (Å²) in [4.78, 5) is 28.7. The minimum Gasteiger partial charge on any atom is -0.481 e. The Balaban J connectivity index is -0.000000125. The molecule has 0 bridgehead atoms. The molecule has 0 amide bonds. The lowest BCUT2D eigenvalue weighted by Crippen LogP contribution is -2.29. The van der Waals surface area contributed by atoms with Gasteiger partial charge in [0.2, 0.25) is 0 Å². The van der Waals surface area contributed by atoms with Gasteiger partial charge in [-0.25, -0.2) is 0 Å². The molecule has 0 aliphatic heterocycles. The smallest absolute Gasteiger partial charge is 0.304 e. The summed E-state index contributed by atoms with van der Waals surface area (Å²) in [6.45, 7) is 1.06. The van der Waals surface area contributed by atoms with Crippen molar-refractivity contribution in [3.05, 3.63) is 0 Å². The van der Waals surface area contributed by atoms with Crippen molar-refractivity contribution >= 4 is 55.8 Å². The maximum atomic E-state index is 9.55. The van der Waals surface area contributed by atoms with Gasteiger partial charge in [-0.05, 0) is 0 Å². The highest BCUT2D eigenvalue weighted by molar-refractivity contribution is 7.80. The lowest BCUT2D eigenvalue weighted by atomic mass is 9.95. The number of aliphatic hydroxyl groups excluding tert-OH is 3. The third-order valence-corrected chi connectivity index (χ3v) is 2.79. The lowest BCUT2D eigenvalue weighted by molar-refractivity contribution is -0.137. The largest absolute Gasteiger partial charge is 0.481 e. The van der Waals surface area contributed by atoms with Crippen molar-refractivity contribution in [3.63, 3.8) is 0 Å². The number of rotatable bonds is 9. The summed E-state index contributed by atoms with van der Waals surface area (Å²) in [5, 5.41) is 49.0. The Hall–Kier alpha value is -0.660. The topological polar surface area (TPSA) is 173 Å². The minimum absolute atomic E-state index is 0.156. The van der Waals surface area contributed by atoms with Crippen molar-refractivity contribution in [1.29, 1.82) is 0 Å². The van der Waals surface area contributed by atoms with E-state index in [1.165, 1.54) is 0 Å². The summed E-state index contributed by atoms with van der Waals surface area (Å²) in [6.07, 6.45) is 0.468. The Morgan fingerprint density at radius 2 is 0.846 bits per heavy atom. The van der Waals surface area contributed by atoms with Crippen LogP contribution in [0, 0.1) is 5.41 Å². The van der Waals surface area contributed by atoms with Crippen LogP contribution in [0.4, 0.5) is 0 Å². The van der Waals surface area contributed by atoms with E-state index in [0.29, 0.717) is 17.3 Å². The molecule has 0 saturated carbocycles. The van der Waals surface area contributed by atoms with Crippen LogP contribution in [0.5, 0.6) is 0 Å². The van der Waals surface area contributed by atoms with Crippen molar-refractivity contribution < 1.29 is 45.0 Å². The van der Waals surface area contributed by atoms with Gasteiger partial charge in [-0.2, -0.15) is 37.9 Å². The highest BCUT2D eigenvalue weighted by Crippen LogP contribution is 2.10. The first-order valence-corrected chi connectivity index (χ1v) is 9.20. The fourth-order valence-electron chi connectivity index (χ4n) is 0.437. The summed E-state index contributed by atoms with van der Waals surface area (Å²) < 4.78 is 0. The number of carbonyl (C=O) groups is 3. The first-order valence-electron chi connectivity index (χ1n) is 7.30. The van der Waals surface area contributed by atoms with E-state index in [4.69, 9.17) is 30.6 Å². The molecule has 0 unspecified atom stereocenters. The number of hydrogen-bond donors (Lipinski definition) is 9. The average molecular weight is 439 g/mol. The van der Waals surface area contributed by atoms with Gasteiger partial charge in [0.15, 0.2) is 0 Å². The van der Waals surface area contributed by atoms with Gasteiger partial charge in [-0.1, -0.05) is 6.92 Å². The van der Waals surface area contributed by atoms with E-state index >= 15 is 0 Å². The van der Waals surface area contributed by atoms with Crippen LogP contribution in [-0.2, 0) is 14.4 Å². The molecule has 0 aliphatic rings. The maximum Gasteiger partial charge on any atom is 0.304 e. The molecule has 0 aromatic carbocycles. The monoisotopic (exact) mass is 438 g/mol. The zero-order valence-electron chi connectivity index (χ0n) is 14.6. The molecular formula is C14H30O9S3. The first-order chi connectivity index (χ1) is 12.0. The van der Waals surface area contributed by atoms with Crippen LogP contribution in [0.1, 0.15) is 26.2 Å². The molecule has 0 radical (unpaired) electrons.